The van der Waals surface area contributed by atoms with Crippen molar-refractivity contribution in [3.05, 3.63) is 35.1 Å². The van der Waals surface area contributed by atoms with Gasteiger partial charge < -0.3 is 4.90 Å². The van der Waals surface area contributed by atoms with Crippen LogP contribution in [-0.4, -0.2) is 38.7 Å². The smallest absolute Gasteiger partial charge is 0.321 e. The largest absolute Gasteiger partial charge is 0.323 e. The third-order valence-corrected chi connectivity index (χ3v) is 5.70. The van der Waals surface area contributed by atoms with Crippen LogP contribution in [0.2, 0.25) is 0 Å². The van der Waals surface area contributed by atoms with Gasteiger partial charge in [0.25, 0.3) is 0 Å². The number of hydrogen-bond donors (Lipinski definition) is 1. The predicted molar refractivity (Wildman–Crippen MR) is 99.9 cm³/mol. The lowest BCUT2D eigenvalue weighted by Gasteiger charge is -2.24. The highest BCUT2D eigenvalue weighted by Crippen LogP contribution is 2.27. The molecule has 0 spiro atoms. The molecule has 0 aliphatic carbocycles. The van der Waals surface area contributed by atoms with Gasteiger partial charge in [-0.15, -0.1) is 10.2 Å². The van der Waals surface area contributed by atoms with Crippen molar-refractivity contribution in [3.63, 3.8) is 0 Å². The molecule has 0 aromatic carbocycles. The highest BCUT2D eigenvalue weighted by Gasteiger charge is 2.29. The van der Waals surface area contributed by atoms with Crippen LogP contribution in [0.1, 0.15) is 56.0 Å². The number of nitrogens with one attached hydrogen (secondary N) is 1. The number of urea groups is 1. The minimum absolute atomic E-state index is 0.0720. The second kappa shape index (κ2) is 8.38. The van der Waals surface area contributed by atoms with Gasteiger partial charge >= 0.3 is 6.03 Å². The molecule has 134 valence electrons. The number of rotatable bonds is 6. The molecule has 1 fully saturated rings. The van der Waals surface area contributed by atoms with Crippen molar-refractivity contribution in [1.82, 2.24) is 20.1 Å². The van der Waals surface area contributed by atoms with Crippen LogP contribution in [0.25, 0.3) is 0 Å². The third kappa shape index (κ3) is 4.54. The summed E-state index contributed by atoms with van der Waals surface area (Å²) in [4.78, 5) is 18.7. The molecule has 6 nitrogen and oxygen atoms in total. The molecule has 3 heterocycles. The Morgan fingerprint density at radius 3 is 3.12 bits per heavy atom. The highest BCUT2D eigenvalue weighted by atomic mass is 32.1. The van der Waals surface area contributed by atoms with Crippen molar-refractivity contribution in [1.29, 1.82) is 0 Å². The Kier molecular flexibility index (Phi) is 5.96. The zero-order valence-corrected chi connectivity index (χ0v) is 15.6. The van der Waals surface area contributed by atoms with Gasteiger partial charge in [0.2, 0.25) is 5.13 Å². The molecule has 1 N–H and O–H groups in total. The number of carbonyl (C=O) groups is 1. The van der Waals surface area contributed by atoms with Gasteiger partial charge in [-0.05, 0) is 37.3 Å². The maximum absolute atomic E-state index is 12.7. The molecule has 1 aliphatic heterocycles. The first-order valence-corrected chi connectivity index (χ1v) is 9.79. The number of pyridine rings is 1. The molecule has 0 saturated carbocycles. The van der Waals surface area contributed by atoms with Crippen LogP contribution < -0.4 is 5.32 Å². The molecule has 0 radical (unpaired) electrons. The molecular formula is C18H25N5OS. The minimum Gasteiger partial charge on any atom is -0.321 e. The van der Waals surface area contributed by atoms with Crippen molar-refractivity contribution in [2.24, 2.45) is 0 Å². The Balaban J connectivity index is 1.60. The quantitative estimate of drug-likeness (QED) is 0.844. The van der Waals surface area contributed by atoms with Crippen molar-refractivity contribution < 1.29 is 4.79 Å². The van der Waals surface area contributed by atoms with E-state index >= 15 is 0 Å². The maximum Gasteiger partial charge on any atom is 0.323 e. The molecule has 1 aliphatic rings. The molecule has 25 heavy (non-hydrogen) atoms. The van der Waals surface area contributed by atoms with E-state index < -0.39 is 0 Å². The Hall–Kier alpha value is -2.02. The summed E-state index contributed by atoms with van der Waals surface area (Å²) in [5.74, 6) is 0.387. The molecule has 3 rings (SSSR count). The van der Waals surface area contributed by atoms with Crippen molar-refractivity contribution in [2.75, 3.05) is 11.9 Å². The van der Waals surface area contributed by atoms with E-state index in [1.165, 1.54) is 16.9 Å². The first-order valence-electron chi connectivity index (χ1n) is 8.97. The SMILES string of the molecule is CCC[C@H](C)c1nnc(NC(=O)N2CCC[C@H]2Cc2cccnc2)s1. The summed E-state index contributed by atoms with van der Waals surface area (Å²) in [6.45, 7) is 5.10. The summed E-state index contributed by atoms with van der Waals surface area (Å²) in [6, 6.07) is 4.15. The normalized spacial score (nSPS) is 18.3. The van der Waals surface area contributed by atoms with E-state index in [-0.39, 0.29) is 12.1 Å². The van der Waals surface area contributed by atoms with E-state index in [2.05, 4.69) is 40.4 Å². The fourth-order valence-corrected chi connectivity index (χ4v) is 4.13. The monoisotopic (exact) mass is 359 g/mol. The van der Waals surface area contributed by atoms with Crippen LogP contribution in [-0.2, 0) is 6.42 Å². The van der Waals surface area contributed by atoms with Crippen LogP contribution in [0.4, 0.5) is 9.93 Å². The van der Waals surface area contributed by atoms with Gasteiger partial charge in [0.15, 0.2) is 0 Å². The van der Waals surface area contributed by atoms with E-state index in [1.54, 1.807) is 6.20 Å². The van der Waals surface area contributed by atoms with Crippen LogP contribution in [0, 0.1) is 0 Å². The molecule has 2 atom stereocenters. The highest BCUT2D eigenvalue weighted by molar-refractivity contribution is 7.15. The van der Waals surface area contributed by atoms with E-state index in [1.807, 2.05) is 17.2 Å². The van der Waals surface area contributed by atoms with Crippen LogP contribution in [0.5, 0.6) is 0 Å². The second-order valence-electron chi connectivity index (χ2n) is 6.62. The number of likely N-dealkylation sites (tertiary alicyclic amines) is 1. The van der Waals surface area contributed by atoms with E-state index in [0.717, 1.165) is 43.7 Å². The number of anilines is 1. The van der Waals surface area contributed by atoms with Crippen LogP contribution in [0.3, 0.4) is 0 Å². The summed E-state index contributed by atoms with van der Waals surface area (Å²) < 4.78 is 0. The summed E-state index contributed by atoms with van der Waals surface area (Å²) in [7, 11) is 0. The first-order chi connectivity index (χ1) is 12.2. The average Bonchev–Trinajstić information content (AvgIpc) is 3.25. The van der Waals surface area contributed by atoms with Gasteiger partial charge in [-0.3, -0.25) is 10.3 Å². The Labute approximate surface area is 152 Å². The van der Waals surface area contributed by atoms with Crippen LogP contribution in [0.15, 0.2) is 24.5 Å². The number of hydrogen-bond acceptors (Lipinski definition) is 5. The lowest BCUT2D eigenvalue weighted by atomic mass is 10.1. The molecule has 0 unspecified atom stereocenters. The fraction of sp³-hybridized carbons (Fsp3) is 0.556. The predicted octanol–water partition coefficient (Wildman–Crippen LogP) is 4.08. The zero-order valence-electron chi connectivity index (χ0n) is 14.8. The zero-order chi connectivity index (χ0) is 17.6. The van der Waals surface area contributed by atoms with Gasteiger partial charge in [0, 0.05) is 30.9 Å². The Morgan fingerprint density at radius 2 is 2.36 bits per heavy atom. The number of carbonyl (C=O) groups excluding carboxylic acids is 1. The van der Waals surface area contributed by atoms with E-state index in [9.17, 15) is 4.79 Å². The van der Waals surface area contributed by atoms with Gasteiger partial charge in [0.05, 0.1) is 0 Å². The summed E-state index contributed by atoms with van der Waals surface area (Å²) in [5, 5.41) is 12.9. The van der Waals surface area contributed by atoms with Gasteiger partial charge in [0.1, 0.15) is 5.01 Å². The van der Waals surface area contributed by atoms with Crippen molar-refractivity contribution in [3.8, 4) is 0 Å². The first kappa shape index (κ1) is 17.8. The number of aromatic nitrogens is 3. The third-order valence-electron chi connectivity index (χ3n) is 4.63. The minimum atomic E-state index is -0.0720. The van der Waals surface area contributed by atoms with E-state index in [0.29, 0.717) is 11.0 Å². The summed E-state index contributed by atoms with van der Waals surface area (Å²) in [5.41, 5.74) is 1.17. The van der Waals surface area contributed by atoms with Crippen molar-refractivity contribution >= 4 is 22.5 Å². The average molecular weight is 359 g/mol. The number of amides is 2. The van der Waals surface area contributed by atoms with Gasteiger partial charge in [-0.1, -0.05) is 37.7 Å². The number of nitrogens with zero attached hydrogens (tertiary/aromatic N) is 4. The Bertz CT molecular complexity index is 690. The topological polar surface area (TPSA) is 71.0 Å². The maximum atomic E-state index is 12.7. The van der Waals surface area contributed by atoms with Gasteiger partial charge in [-0.2, -0.15) is 0 Å². The molecule has 2 amide bonds. The second-order valence-corrected chi connectivity index (χ2v) is 7.63. The Morgan fingerprint density at radius 1 is 1.48 bits per heavy atom. The lowest BCUT2D eigenvalue weighted by Crippen LogP contribution is -2.39. The molecule has 0 bridgehead atoms. The van der Waals surface area contributed by atoms with Crippen molar-refractivity contribution in [2.45, 2.75) is 57.9 Å². The fourth-order valence-electron chi connectivity index (χ4n) is 3.31. The van der Waals surface area contributed by atoms with Gasteiger partial charge in [-0.25, -0.2) is 4.79 Å². The lowest BCUT2D eigenvalue weighted by molar-refractivity contribution is 0.206. The molecule has 1 saturated heterocycles. The standard InChI is InChI=1S/C18H25N5OS/c1-3-6-13(2)16-21-22-17(25-16)20-18(24)23-10-5-8-15(23)11-14-7-4-9-19-12-14/h4,7,9,12-13,15H,3,5-6,8,10-11H2,1-2H3,(H,20,22,24)/t13-,15-/m0/s1. The summed E-state index contributed by atoms with van der Waals surface area (Å²) in [6.07, 6.45) is 8.75. The molecule has 2 aromatic rings. The molecular weight excluding hydrogens is 334 g/mol. The summed E-state index contributed by atoms with van der Waals surface area (Å²) >= 11 is 1.48. The van der Waals surface area contributed by atoms with Crippen LogP contribution >= 0.6 is 11.3 Å². The molecule has 2 aromatic heterocycles. The molecule has 7 heteroatoms. The van der Waals surface area contributed by atoms with E-state index in [4.69, 9.17) is 0 Å².